The third-order valence-corrected chi connectivity index (χ3v) is 3.69. The van der Waals surface area contributed by atoms with Crippen LogP contribution in [-0.2, 0) is 9.47 Å². The molecule has 0 amide bonds. The van der Waals surface area contributed by atoms with E-state index in [9.17, 15) is 0 Å². The van der Waals surface area contributed by atoms with Gasteiger partial charge in [0, 0.05) is 12.6 Å². The summed E-state index contributed by atoms with van der Waals surface area (Å²) in [6.07, 6.45) is 2.57. The SMILES string of the molecule is CCN1CCCC(NC2COC(C)(C)OC2)C1. The first-order chi connectivity index (χ1) is 8.09. The van der Waals surface area contributed by atoms with Crippen molar-refractivity contribution in [3.63, 3.8) is 0 Å². The highest BCUT2D eigenvalue weighted by Gasteiger charge is 2.30. The largest absolute Gasteiger partial charge is 0.349 e. The molecule has 1 atom stereocenters. The number of nitrogens with one attached hydrogen (secondary N) is 1. The number of piperidine rings is 1. The molecule has 2 heterocycles. The van der Waals surface area contributed by atoms with Gasteiger partial charge in [0.25, 0.3) is 0 Å². The Kier molecular flexibility index (Phi) is 4.42. The summed E-state index contributed by atoms with van der Waals surface area (Å²) in [4.78, 5) is 2.51. The average molecular weight is 242 g/mol. The number of likely N-dealkylation sites (N-methyl/N-ethyl adjacent to an activating group) is 1. The Labute approximate surface area is 105 Å². The first kappa shape index (κ1) is 13.3. The molecule has 0 bridgehead atoms. The second-order valence-electron chi connectivity index (χ2n) is 5.62. The van der Waals surface area contributed by atoms with E-state index in [2.05, 4.69) is 17.1 Å². The third kappa shape index (κ3) is 3.91. The summed E-state index contributed by atoms with van der Waals surface area (Å²) >= 11 is 0. The van der Waals surface area contributed by atoms with Crippen molar-refractivity contribution < 1.29 is 9.47 Å². The molecule has 0 aromatic carbocycles. The van der Waals surface area contributed by atoms with E-state index in [-0.39, 0.29) is 0 Å². The van der Waals surface area contributed by atoms with E-state index in [0.717, 1.165) is 26.3 Å². The highest BCUT2D eigenvalue weighted by Crippen LogP contribution is 2.18. The summed E-state index contributed by atoms with van der Waals surface area (Å²) in [5.74, 6) is -0.403. The van der Waals surface area contributed by atoms with Gasteiger partial charge in [-0.15, -0.1) is 0 Å². The molecule has 0 radical (unpaired) electrons. The van der Waals surface area contributed by atoms with Crippen LogP contribution < -0.4 is 5.32 Å². The third-order valence-electron chi connectivity index (χ3n) is 3.69. The van der Waals surface area contributed by atoms with Crippen LogP contribution in [0.2, 0.25) is 0 Å². The molecular formula is C13H26N2O2. The minimum Gasteiger partial charge on any atom is -0.349 e. The summed E-state index contributed by atoms with van der Waals surface area (Å²) in [6.45, 7) is 11.3. The van der Waals surface area contributed by atoms with Gasteiger partial charge in [0.15, 0.2) is 5.79 Å². The fraction of sp³-hybridized carbons (Fsp3) is 1.00. The molecule has 100 valence electrons. The minimum absolute atomic E-state index is 0.352. The van der Waals surface area contributed by atoms with Crippen LogP contribution in [-0.4, -0.2) is 55.6 Å². The minimum atomic E-state index is -0.403. The van der Waals surface area contributed by atoms with Gasteiger partial charge in [-0.1, -0.05) is 6.92 Å². The van der Waals surface area contributed by atoms with E-state index in [1.807, 2.05) is 13.8 Å². The Hall–Kier alpha value is -0.160. The second kappa shape index (κ2) is 5.65. The van der Waals surface area contributed by atoms with E-state index in [0.29, 0.717) is 12.1 Å². The maximum Gasteiger partial charge on any atom is 0.162 e. The maximum atomic E-state index is 5.67. The lowest BCUT2D eigenvalue weighted by atomic mass is 10.0. The topological polar surface area (TPSA) is 33.7 Å². The van der Waals surface area contributed by atoms with Crippen molar-refractivity contribution in [1.29, 1.82) is 0 Å². The highest BCUT2D eigenvalue weighted by molar-refractivity contribution is 4.83. The van der Waals surface area contributed by atoms with Crippen LogP contribution in [0.1, 0.15) is 33.6 Å². The first-order valence-electron chi connectivity index (χ1n) is 6.85. The molecule has 1 unspecified atom stereocenters. The molecule has 17 heavy (non-hydrogen) atoms. The van der Waals surface area contributed by atoms with E-state index >= 15 is 0 Å². The van der Waals surface area contributed by atoms with Crippen LogP contribution in [0.5, 0.6) is 0 Å². The van der Waals surface area contributed by atoms with Gasteiger partial charge in [-0.2, -0.15) is 0 Å². The van der Waals surface area contributed by atoms with E-state index < -0.39 is 5.79 Å². The van der Waals surface area contributed by atoms with Gasteiger partial charge in [0.1, 0.15) is 0 Å². The summed E-state index contributed by atoms with van der Waals surface area (Å²) < 4.78 is 11.3. The quantitative estimate of drug-likeness (QED) is 0.806. The van der Waals surface area contributed by atoms with Gasteiger partial charge in [-0.25, -0.2) is 0 Å². The molecule has 0 aromatic heterocycles. The van der Waals surface area contributed by atoms with E-state index in [1.54, 1.807) is 0 Å². The summed E-state index contributed by atoms with van der Waals surface area (Å²) in [7, 11) is 0. The molecule has 2 rings (SSSR count). The Bertz CT molecular complexity index is 236. The summed E-state index contributed by atoms with van der Waals surface area (Å²) in [6, 6.07) is 0.951. The Morgan fingerprint density at radius 2 is 1.94 bits per heavy atom. The zero-order valence-electron chi connectivity index (χ0n) is 11.4. The molecule has 2 fully saturated rings. The van der Waals surface area contributed by atoms with E-state index in [4.69, 9.17) is 9.47 Å². The number of likely N-dealkylation sites (tertiary alicyclic amines) is 1. The van der Waals surface area contributed by atoms with Gasteiger partial charge in [0.2, 0.25) is 0 Å². The van der Waals surface area contributed by atoms with Crippen LogP contribution in [0.4, 0.5) is 0 Å². The van der Waals surface area contributed by atoms with Crippen molar-refractivity contribution in [1.82, 2.24) is 10.2 Å². The number of nitrogens with zero attached hydrogens (tertiary/aromatic N) is 1. The predicted octanol–water partition coefficient (Wildman–Crippen LogP) is 1.21. The lowest BCUT2D eigenvalue weighted by Crippen LogP contribution is -2.55. The molecule has 0 aromatic rings. The molecule has 0 aliphatic carbocycles. The number of hydrogen-bond acceptors (Lipinski definition) is 4. The van der Waals surface area contributed by atoms with E-state index in [1.165, 1.54) is 19.4 Å². The second-order valence-corrected chi connectivity index (χ2v) is 5.62. The summed E-state index contributed by atoms with van der Waals surface area (Å²) in [5, 5.41) is 3.67. The Morgan fingerprint density at radius 3 is 2.59 bits per heavy atom. The molecule has 2 saturated heterocycles. The maximum absolute atomic E-state index is 5.67. The lowest BCUT2D eigenvalue weighted by molar-refractivity contribution is -0.253. The molecule has 0 saturated carbocycles. The van der Waals surface area contributed by atoms with Crippen LogP contribution in [0.3, 0.4) is 0 Å². The van der Waals surface area contributed by atoms with Crippen molar-refractivity contribution in [2.75, 3.05) is 32.8 Å². The zero-order chi connectivity index (χ0) is 12.3. The van der Waals surface area contributed by atoms with Crippen molar-refractivity contribution in [3.8, 4) is 0 Å². The van der Waals surface area contributed by atoms with Gasteiger partial charge >= 0.3 is 0 Å². The molecular weight excluding hydrogens is 216 g/mol. The van der Waals surface area contributed by atoms with Crippen molar-refractivity contribution in [2.24, 2.45) is 0 Å². The first-order valence-corrected chi connectivity index (χ1v) is 6.85. The number of hydrogen-bond donors (Lipinski definition) is 1. The monoisotopic (exact) mass is 242 g/mol. The number of ether oxygens (including phenoxy) is 2. The Morgan fingerprint density at radius 1 is 1.24 bits per heavy atom. The fourth-order valence-electron chi connectivity index (χ4n) is 2.60. The Balaban J connectivity index is 1.74. The normalized spacial score (nSPS) is 31.6. The molecule has 1 N–H and O–H groups in total. The zero-order valence-corrected chi connectivity index (χ0v) is 11.4. The van der Waals surface area contributed by atoms with Gasteiger partial charge in [-0.3, -0.25) is 0 Å². The smallest absolute Gasteiger partial charge is 0.162 e. The molecule has 2 aliphatic heterocycles. The standard InChI is InChI=1S/C13H26N2O2/c1-4-15-7-5-6-11(8-15)14-12-9-16-13(2,3)17-10-12/h11-12,14H,4-10H2,1-3H3. The van der Waals surface area contributed by atoms with Gasteiger partial charge < -0.3 is 19.7 Å². The molecule has 4 nitrogen and oxygen atoms in total. The highest BCUT2D eigenvalue weighted by atomic mass is 16.7. The van der Waals surface area contributed by atoms with Crippen LogP contribution >= 0.6 is 0 Å². The van der Waals surface area contributed by atoms with Crippen molar-refractivity contribution >= 4 is 0 Å². The van der Waals surface area contributed by atoms with Gasteiger partial charge in [0.05, 0.1) is 19.3 Å². The molecule has 0 spiro atoms. The lowest BCUT2D eigenvalue weighted by Gasteiger charge is -2.39. The van der Waals surface area contributed by atoms with Crippen molar-refractivity contribution in [2.45, 2.75) is 51.5 Å². The van der Waals surface area contributed by atoms with Gasteiger partial charge in [-0.05, 0) is 39.8 Å². The van der Waals surface area contributed by atoms with Crippen LogP contribution in [0.15, 0.2) is 0 Å². The van der Waals surface area contributed by atoms with Crippen LogP contribution in [0, 0.1) is 0 Å². The molecule has 4 heteroatoms. The predicted molar refractivity (Wildman–Crippen MR) is 68.0 cm³/mol. The molecule has 2 aliphatic rings. The van der Waals surface area contributed by atoms with Crippen LogP contribution in [0.25, 0.3) is 0 Å². The van der Waals surface area contributed by atoms with Crippen molar-refractivity contribution in [3.05, 3.63) is 0 Å². The fourth-order valence-corrected chi connectivity index (χ4v) is 2.60. The summed E-state index contributed by atoms with van der Waals surface area (Å²) in [5.41, 5.74) is 0. The average Bonchev–Trinajstić information content (AvgIpc) is 2.32. The number of rotatable bonds is 3.